The van der Waals surface area contributed by atoms with E-state index in [9.17, 15) is 9.18 Å². The highest BCUT2D eigenvalue weighted by molar-refractivity contribution is 6.02. The first-order chi connectivity index (χ1) is 13.0. The summed E-state index contributed by atoms with van der Waals surface area (Å²) in [5.41, 5.74) is 14.0. The minimum absolute atomic E-state index is 0.00240. The van der Waals surface area contributed by atoms with Crippen LogP contribution < -0.4 is 16.2 Å². The minimum atomic E-state index is -0.539. The minimum Gasteiger partial charge on any atom is -0.490 e. The molecule has 2 aliphatic carbocycles. The standard InChI is InChI=1S/C22H25FN2O2/c23-18-8-2-6-16(20(18)13-4-1-5-13)21-17(22(25)26)7-3-9-19(21)27-15-11-10-14(24)12-15/h2-3,6-9,13-15H,1,4-5,10-12,24H2,(H2,25,26)/t14-,15-/m1/s1. The zero-order valence-corrected chi connectivity index (χ0v) is 15.3. The summed E-state index contributed by atoms with van der Waals surface area (Å²) in [6, 6.07) is 10.4. The molecular weight excluding hydrogens is 343 g/mol. The lowest BCUT2D eigenvalue weighted by Gasteiger charge is -2.29. The third-order valence-electron chi connectivity index (χ3n) is 5.85. The largest absolute Gasteiger partial charge is 0.490 e. The molecule has 0 aliphatic heterocycles. The summed E-state index contributed by atoms with van der Waals surface area (Å²) >= 11 is 0. The van der Waals surface area contributed by atoms with Gasteiger partial charge in [0.1, 0.15) is 17.7 Å². The summed E-state index contributed by atoms with van der Waals surface area (Å²) in [6.45, 7) is 0. The molecule has 5 heteroatoms. The maximum absolute atomic E-state index is 14.8. The van der Waals surface area contributed by atoms with Gasteiger partial charge < -0.3 is 16.2 Å². The number of halogens is 1. The molecule has 2 aromatic carbocycles. The Balaban J connectivity index is 1.84. The second kappa shape index (κ2) is 7.31. The fourth-order valence-corrected chi connectivity index (χ4v) is 4.24. The van der Waals surface area contributed by atoms with E-state index >= 15 is 0 Å². The van der Waals surface area contributed by atoms with Gasteiger partial charge in [-0.2, -0.15) is 0 Å². The van der Waals surface area contributed by atoms with Crippen LogP contribution in [0, 0.1) is 5.82 Å². The Labute approximate surface area is 158 Å². The third-order valence-corrected chi connectivity index (χ3v) is 5.85. The van der Waals surface area contributed by atoms with E-state index in [1.165, 1.54) is 6.07 Å². The lowest BCUT2D eigenvalue weighted by molar-refractivity contribution is 0.1000. The van der Waals surface area contributed by atoms with Crippen molar-refractivity contribution in [1.29, 1.82) is 0 Å². The fraction of sp³-hybridized carbons (Fsp3) is 0.409. The molecule has 2 fully saturated rings. The third kappa shape index (κ3) is 3.44. The second-order valence-corrected chi connectivity index (χ2v) is 7.68. The molecule has 0 spiro atoms. The van der Waals surface area contributed by atoms with Gasteiger partial charge in [0, 0.05) is 11.6 Å². The number of ether oxygens (including phenoxy) is 1. The molecule has 0 bridgehead atoms. The molecule has 0 heterocycles. The molecule has 0 radical (unpaired) electrons. The number of amides is 1. The van der Waals surface area contributed by atoms with E-state index < -0.39 is 5.91 Å². The number of primary amides is 1. The summed E-state index contributed by atoms with van der Waals surface area (Å²) in [6.07, 6.45) is 5.59. The van der Waals surface area contributed by atoms with E-state index in [0.717, 1.165) is 38.5 Å². The van der Waals surface area contributed by atoms with Crippen LogP contribution in [0.1, 0.15) is 60.4 Å². The molecule has 27 heavy (non-hydrogen) atoms. The maximum atomic E-state index is 14.8. The van der Waals surface area contributed by atoms with Gasteiger partial charge >= 0.3 is 0 Å². The van der Waals surface area contributed by atoms with Crippen molar-refractivity contribution < 1.29 is 13.9 Å². The number of carbonyl (C=O) groups excluding carboxylic acids is 1. The maximum Gasteiger partial charge on any atom is 0.249 e. The normalized spacial score (nSPS) is 22.4. The van der Waals surface area contributed by atoms with E-state index in [1.54, 1.807) is 18.2 Å². The van der Waals surface area contributed by atoms with Crippen molar-refractivity contribution in [1.82, 2.24) is 0 Å². The molecule has 4 rings (SSSR count). The zero-order chi connectivity index (χ0) is 19.0. The number of rotatable bonds is 5. The number of nitrogens with two attached hydrogens (primary N) is 2. The first kappa shape index (κ1) is 18.0. The van der Waals surface area contributed by atoms with Gasteiger partial charge in [-0.25, -0.2) is 4.39 Å². The van der Waals surface area contributed by atoms with Gasteiger partial charge in [0.25, 0.3) is 0 Å². The molecule has 2 aromatic rings. The topological polar surface area (TPSA) is 78.3 Å². The summed E-state index contributed by atoms with van der Waals surface area (Å²) in [5.74, 6) is -0.0147. The summed E-state index contributed by atoms with van der Waals surface area (Å²) in [4.78, 5) is 12.1. The Hall–Kier alpha value is -2.40. The van der Waals surface area contributed by atoms with Gasteiger partial charge in [0.05, 0.1) is 5.56 Å². The number of carbonyl (C=O) groups is 1. The van der Waals surface area contributed by atoms with Gasteiger partial charge in [0.2, 0.25) is 5.91 Å². The van der Waals surface area contributed by atoms with Gasteiger partial charge in [-0.05, 0) is 67.3 Å². The Morgan fingerprint density at radius 1 is 1.07 bits per heavy atom. The Bertz CT molecular complexity index is 863. The molecule has 0 saturated heterocycles. The molecule has 4 nitrogen and oxygen atoms in total. The first-order valence-electron chi connectivity index (χ1n) is 9.68. The van der Waals surface area contributed by atoms with Crippen molar-refractivity contribution in [2.24, 2.45) is 11.5 Å². The Kier molecular flexibility index (Phi) is 4.87. The van der Waals surface area contributed by atoms with Crippen LogP contribution in [0.15, 0.2) is 36.4 Å². The van der Waals surface area contributed by atoms with Gasteiger partial charge in [-0.1, -0.05) is 24.6 Å². The fourth-order valence-electron chi connectivity index (χ4n) is 4.24. The monoisotopic (exact) mass is 368 g/mol. The van der Waals surface area contributed by atoms with E-state index in [-0.39, 0.29) is 23.9 Å². The smallest absolute Gasteiger partial charge is 0.249 e. The molecule has 2 aliphatic rings. The van der Waals surface area contributed by atoms with E-state index in [2.05, 4.69) is 0 Å². The van der Waals surface area contributed by atoms with Crippen molar-refractivity contribution in [3.05, 3.63) is 53.3 Å². The van der Waals surface area contributed by atoms with Crippen LogP contribution >= 0.6 is 0 Å². The van der Waals surface area contributed by atoms with Gasteiger partial charge in [-0.15, -0.1) is 0 Å². The van der Waals surface area contributed by atoms with E-state index in [4.69, 9.17) is 16.2 Å². The molecular formula is C22H25FN2O2. The van der Waals surface area contributed by atoms with Crippen LogP contribution in [0.5, 0.6) is 5.75 Å². The average molecular weight is 368 g/mol. The van der Waals surface area contributed by atoms with Crippen molar-refractivity contribution >= 4 is 5.91 Å². The predicted molar refractivity (Wildman–Crippen MR) is 103 cm³/mol. The highest BCUT2D eigenvalue weighted by Gasteiger charge is 2.30. The van der Waals surface area contributed by atoms with Gasteiger partial charge in [-0.3, -0.25) is 4.79 Å². The number of hydrogen-bond acceptors (Lipinski definition) is 3. The molecule has 4 N–H and O–H groups in total. The lowest BCUT2D eigenvalue weighted by atomic mass is 9.76. The molecule has 2 atom stereocenters. The highest BCUT2D eigenvalue weighted by Crippen LogP contribution is 2.45. The molecule has 0 unspecified atom stereocenters. The quantitative estimate of drug-likeness (QED) is 0.833. The second-order valence-electron chi connectivity index (χ2n) is 7.68. The molecule has 1 amide bonds. The zero-order valence-electron chi connectivity index (χ0n) is 15.3. The van der Waals surface area contributed by atoms with E-state index in [1.807, 2.05) is 12.1 Å². The average Bonchev–Trinajstić information content (AvgIpc) is 3.00. The Morgan fingerprint density at radius 3 is 2.48 bits per heavy atom. The van der Waals surface area contributed by atoms with Crippen molar-refractivity contribution in [2.75, 3.05) is 0 Å². The van der Waals surface area contributed by atoms with Gasteiger partial charge in [0.15, 0.2) is 0 Å². The van der Waals surface area contributed by atoms with Crippen LogP contribution in [-0.4, -0.2) is 18.1 Å². The van der Waals surface area contributed by atoms with E-state index in [0.29, 0.717) is 28.0 Å². The van der Waals surface area contributed by atoms with Crippen LogP contribution in [0.3, 0.4) is 0 Å². The first-order valence-corrected chi connectivity index (χ1v) is 9.68. The summed E-state index contributed by atoms with van der Waals surface area (Å²) in [5, 5.41) is 0. The van der Waals surface area contributed by atoms with Crippen LogP contribution in [0.4, 0.5) is 4.39 Å². The van der Waals surface area contributed by atoms with Crippen molar-refractivity contribution in [3.63, 3.8) is 0 Å². The lowest BCUT2D eigenvalue weighted by Crippen LogP contribution is -2.20. The molecule has 2 saturated carbocycles. The van der Waals surface area contributed by atoms with Crippen LogP contribution in [0.2, 0.25) is 0 Å². The molecule has 0 aromatic heterocycles. The van der Waals surface area contributed by atoms with Crippen LogP contribution in [-0.2, 0) is 0 Å². The number of benzene rings is 2. The SMILES string of the molecule is NC(=O)c1cccc(O[C@@H]2CC[C@@H](N)C2)c1-c1cccc(F)c1C1CCC1. The molecule has 142 valence electrons. The van der Waals surface area contributed by atoms with Crippen molar-refractivity contribution in [2.45, 2.75) is 56.6 Å². The number of hydrogen-bond donors (Lipinski definition) is 2. The van der Waals surface area contributed by atoms with Crippen LogP contribution in [0.25, 0.3) is 11.1 Å². The van der Waals surface area contributed by atoms with Crippen molar-refractivity contribution in [3.8, 4) is 16.9 Å². The highest BCUT2D eigenvalue weighted by atomic mass is 19.1. The Morgan fingerprint density at radius 2 is 1.85 bits per heavy atom. The predicted octanol–water partition coefficient (Wildman–Crippen LogP) is 4.12. The summed E-state index contributed by atoms with van der Waals surface area (Å²) in [7, 11) is 0. The summed E-state index contributed by atoms with van der Waals surface area (Å²) < 4.78 is 21.0.